The molecule has 0 aromatic rings. The minimum Gasteiger partial charge on any atom is -0.466 e. The summed E-state index contributed by atoms with van der Waals surface area (Å²) < 4.78 is 5.44. The number of carbonyl (C=O) groups excluding carboxylic acids is 2. The molecule has 314 valence electrons. The Balaban J connectivity index is 3.48. The summed E-state index contributed by atoms with van der Waals surface area (Å²) in [6, 6.07) is -0.556. The molecule has 0 bridgehead atoms. The van der Waals surface area contributed by atoms with Crippen LogP contribution in [0, 0.1) is 0 Å². The van der Waals surface area contributed by atoms with Crippen LogP contribution in [0.1, 0.15) is 251 Å². The highest BCUT2D eigenvalue weighted by Crippen LogP contribution is 2.15. The molecule has 0 aliphatic carbocycles. The Labute approximate surface area is 329 Å². The van der Waals surface area contributed by atoms with Crippen molar-refractivity contribution in [3.8, 4) is 0 Å². The summed E-state index contributed by atoms with van der Waals surface area (Å²) in [5.74, 6) is -0.0866. The highest BCUT2D eigenvalue weighted by Gasteiger charge is 2.20. The van der Waals surface area contributed by atoms with Crippen LogP contribution in [0.25, 0.3) is 0 Å². The predicted octanol–water partition coefficient (Wildman–Crippen LogP) is 13.4. The molecule has 0 aromatic carbocycles. The second kappa shape index (κ2) is 43.3. The second-order valence-electron chi connectivity index (χ2n) is 16.1. The lowest BCUT2D eigenvalue weighted by atomic mass is 10.0. The largest absolute Gasteiger partial charge is 0.466 e. The molecule has 0 aromatic heterocycles. The van der Waals surface area contributed by atoms with Crippen LogP contribution < -0.4 is 5.32 Å². The summed E-state index contributed by atoms with van der Waals surface area (Å²) in [5.41, 5.74) is 0. The third-order valence-corrected chi connectivity index (χ3v) is 10.8. The molecule has 3 N–H and O–H groups in total. The molecular weight excluding hydrogens is 659 g/mol. The Hall–Kier alpha value is -1.40. The zero-order chi connectivity index (χ0) is 38.7. The summed E-state index contributed by atoms with van der Waals surface area (Å²) in [4.78, 5) is 24.4. The lowest BCUT2D eigenvalue weighted by Gasteiger charge is -2.22. The molecule has 0 saturated carbocycles. The molecule has 0 saturated heterocycles. The van der Waals surface area contributed by atoms with Gasteiger partial charge in [0, 0.05) is 12.8 Å². The first-order chi connectivity index (χ1) is 26.0. The Bertz CT molecular complexity index is 787. The average molecular weight is 750 g/mol. The highest BCUT2D eigenvalue weighted by atomic mass is 16.5. The molecule has 53 heavy (non-hydrogen) atoms. The third-order valence-electron chi connectivity index (χ3n) is 10.8. The zero-order valence-electron chi connectivity index (χ0n) is 35.5. The molecule has 2 atom stereocenters. The van der Waals surface area contributed by atoms with Gasteiger partial charge in [-0.3, -0.25) is 9.59 Å². The fourth-order valence-electron chi connectivity index (χ4n) is 7.16. The number of allylic oxidation sites excluding steroid dienone is 2. The maximum Gasteiger partial charge on any atom is 0.305 e. The summed E-state index contributed by atoms with van der Waals surface area (Å²) in [6.07, 6.45) is 47.3. The maximum absolute atomic E-state index is 12.4. The first-order valence-corrected chi connectivity index (χ1v) is 23.4. The van der Waals surface area contributed by atoms with Gasteiger partial charge in [0.05, 0.1) is 25.4 Å². The van der Waals surface area contributed by atoms with Crippen molar-refractivity contribution >= 4 is 11.9 Å². The quantitative estimate of drug-likeness (QED) is 0.0328. The fourth-order valence-corrected chi connectivity index (χ4v) is 7.16. The minimum atomic E-state index is -0.677. The van der Waals surface area contributed by atoms with Gasteiger partial charge in [0.25, 0.3) is 0 Å². The van der Waals surface area contributed by atoms with E-state index in [9.17, 15) is 19.8 Å². The third kappa shape index (κ3) is 40.1. The van der Waals surface area contributed by atoms with Gasteiger partial charge in [-0.1, -0.05) is 199 Å². The molecule has 2 unspecified atom stereocenters. The van der Waals surface area contributed by atoms with Crippen molar-refractivity contribution in [2.75, 3.05) is 13.2 Å². The molecule has 6 nitrogen and oxygen atoms in total. The van der Waals surface area contributed by atoms with E-state index in [0.29, 0.717) is 25.9 Å². The van der Waals surface area contributed by atoms with E-state index in [-0.39, 0.29) is 18.5 Å². The van der Waals surface area contributed by atoms with Crippen LogP contribution in [0.5, 0.6) is 0 Å². The van der Waals surface area contributed by atoms with Gasteiger partial charge >= 0.3 is 5.97 Å². The number of unbranched alkanes of at least 4 members (excludes halogenated alkanes) is 30. The highest BCUT2D eigenvalue weighted by molar-refractivity contribution is 5.76. The Kier molecular flexibility index (Phi) is 42.2. The van der Waals surface area contributed by atoms with Crippen molar-refractivity contribution in [2.45, 2.75) is 264 Å². The van der Waals surface area contributed by atoms with Gasteiger partial charge in [0.15, 0.2) is 0 Å². The van der Waals surface area contributed by atoms with E-state index in [1.165, 1.54) is 161 Å². The van der Waals surface area contributed by atoms with E-state index in [0.717, 1.165) is 57.8 Å². The van der Waals surface area contributed by atoms with E-state index in [2.05, 4.69) is 31.3 Å². The number of aliphatic hydroxyl groups excluding tert-OH is 2. The number of ether oxygens (including phenoxy) is 1. The van der Waals surface area contributed by atoms with E-state index in [1.807, 2.05) is 0 Å². The normalized spacial score (nSPS) is 12.8. The molecule has 0 aliphatic heterocycles. The number of hydrogen-bond acceptors (Lipinski definition) is 5. The average Bonchev–Trinajstić information content (AvgIpc) is 3.16. The summed E-state index contributed by atoms with van der Waals surface area (Å²) in [5, 5.41) is 23.1. The number of aliphatic hydroxyl groups is 2. The van der Waals surface area contributed by atoms with E-state index < -0.39 is 12.1 Å². The van der Waals surface area contributed by atoms with E-state index in [4.69, 9.17) is 4.74 Å². The monoisotopic (exact) mass is 750 g/mol. The van der Waals surface area contributed by atoms with Crippen LogP contribution in [0.2, 0.25) is 0 Å². The van der Waals surface area contributed by atoms with Crippen molar-refractivity contribution in [1.29, 1.82) is 0 Å². The lowest BCUT2D eigenvalue weighted by molar-refractivity contribution is -0.143. The van der Waals surface area contributed by atoms with Gasteiger partial charge < -0.3 is 20.3 Å². The first kappa shape index (κ1) is 51.6. The van der Waals surface area contributed by atoms with Crippen LogP contribution in [0.3, 0.4) is 0 Å². The van der Waals surface area contributed by atoms with Gasteiger partial charge in [-0.05, 0) is 51.4 Å². The summed E-state index contributed by atoms with van der Waals surface area (Å²) >= 11 is 0. The van der Waals surface area contributed by atoms with Gasteiger partial charge in [0.1, 0.15) is 0 Å². The molecule has 0 radical (unpaired) electrons. The van der Waals surface area contributed by atoms with Crippen LogP contribution in [-0.4, -0.2) is 47.4 Å². The lowest BCUT2D eigenvalue weighted by Crippen LogP contribution is -2.45. The van der Waals surface area contributed by atoms with Crippen LogP contribution in [-0.2, 0) is 14.3 Å². The van der Waals surface area contributed by atoms with Gasteiger partial charge in [-0.2, -0.15) is 0 Å². The molecule has 6 heteroatoms. The number of amides is 1. The van der Waals surface area contributed by atoms with Crippen LogP contribution in [0.15, 0.2) is 12.2 Å². The predicted molar refractivity (Wildman–Crippen MR) is 227 cm³/mol. The molecule has 0 rings (SSSR count). The van der Waals surface area contributed by atoms with Gasteiger partial charge in [0.2, 0.25) is 5.91 Å². The van der Waals surface area contributed by atoms with Crippen molar-refractivity contribution in [3.05, 3.63) is 12.2 Å². The van der Waals surface area contributed by atoms with Crippen LogP contribution in [0.4, 0.5) is 0 Å². The number of rotatable bonds is 43. The summed E-state index contributed by atoms with van der Waals surface area (Å²) in [7, 11) is 0. The topological polar surface area (TPSA) is 95.9 Å². The summed E-state index contributed by atoms with van der Waals surface area (Å²) in [6.45, 7) is 4.88. The molecular formula is C47H91NO5. The number of carbonyl (C=O) groups is 2. The number of esters is 1. The zero-order valence-corrected chi connectivity index (χ0v) is 35.5. The van der Waals surface area contributed by atoms with Crippen LogP contribution >= 0.6 is 0 Å². The molecule has 1 amide bonds. The smallest absolute Gasteiger partial charge is 0.305 e. The van der Waals surface area contributed by atoms with E-state index in [1.54, 1.807) is 0 Å². The molecule has 0 aliphatic rings. The Morgan fingerprint density at radius 2 is 0.887 bits per heavy atom. The van der Waals surface area contributed by atoms with Gasteiger partial charge in [-0.25, -0.2) is 0 Å². The number of nitrogens with one attached hydrogen (secondary N) is 1. The molecule has 0 heterocycles. The second-order valence-corrected chi connectivity index (χ2v) is 16.1. The maximum atomic E-state index is 12.4. The van der Waals surface area contributed by atoms with Crippen molar-refractivity contribution in [2.24, 2.45) is 0 Å². The SMILES string of the molecule is CCCCCCC/C=C\CCCCCCCC(=O)OCCCCCCCCCCCCC(=O)NC(CO)C(O)CCCCCCCCCCCCCC. The minimum absolute atomic E-state index is 0.0276. The molecule has 0 fully saturated rings. The van der Waals surface area contributed by atoms with Crippen molar-refractivity contribution < 1.29 is 24.5 Å². The Morgan fingerprint density at radius 3 is 1.34 bits per heavy atom. The van der Waals surface area contributed by atoms with Gasteiger partial charge in [-0.15, -0.1) is 0 Å². The molecule has 0 spiro atoms. The Morgan fingerprint density at radius 1 is 0.509 bits per heavy atom. The van der Waals surface area contributed by atoms with Crippen molar-refractivity contribution in [1.82, 2.24) is 5.32 Å². The van der Waals surface area contributed by atoms with Crippen molar-refractivity contribution in [3.63, 3.8) is 0 Å². The standard InChI is InChI=1S/C47H91NO5/c1-3-5-7-9-11-13-15-17-18-20-25-29-33-37-41-47(52)53-42-38-34-30-26-22-21-24-28-32-36-40-46(51)48-44(43-49)45(50)39-35-31-27-23-19-16-14-12-10-8-6-4-2/h15,17,44-45,49-50H,3-14,16,18-43H2,1-2H3,(H,48,51)/b17-15-. The van der Waals surface area contributed by atoms with E-state index >= 15 is 0 Å². The fraction of sp³-hybridized carbons (Fsp3) is 0.915. The number of hydrogen-bond donors (Lipinski definition) is 3. The first-order valence-electron chi connectivity index (χ1n) is 23.4.